The lowest BCUT2D eigenvalue weighted by atomic mass is 9.95. The first kappa shape index (κ1) is 13.5. The first-order valence-electron chi connectivity index (χ1n) is 6.46. The summed E-state index contributed by atoms with van der Waals surface area (Å²) in [6.45, 7) is 4.29. The first-order valence-corrected chi connectivity index (χ1v) is 7.69. The van der Waals surface area contributed by atoms with Crippen molar-refractivity contribution < 1.29 is 0 Å². The van der Waals surface area contributed by atoms with Crippen LogP contribution in [-0.2, 0) is 0 Å². The molecule has 1 unspecified atom stereocenters. The van der Waals surface area contributed by atoms with Gasteiger partial charge in [0.25, 0.3) is 0 Å². The molecule has 0 N–H and O–H groups in total. The van der Waals surface area contributed by atoms with Crippen molar-refractivity contribution in [3.05, 3.63) is 35.9 Å². The van der Waals surface area contributed by atoms with Gasteiger partial charge in [-0.1, -0.05) is 30.3 Å². The molecular weight excluding hydrogens is 240 g/mol. The molecule has 3 heteroatoms. The number of likely N-dealkylation sites (tertiary alicyclic amines) is 1. The zero-order valence-corrected chi connectivity index (χ0v) is 11.9. The average Bonchev–Trinajstić information content (AvgIpc) is 2.47. The summed E-state index contributed by atoms with van der Waals surface area (Å²) >= 11 is 1.71. The molecular formula is C15H20N2S. The van der Waals surface area contributed by atoms with Crippen LogP contribution in [0.25, 0.3) is 0 Å². The third-order valence-electron chi connectivity index (χ3n) is 4.03. The predicted octanol–water partition coefficient (Wildman–Crippen LogP) is 3.47. The van der Waals surface area contributed by atoms with Gasteiger partial charge in [-0.05, 0) is 31.6 Å². The van der Waals surface area contributed by atoms with Crippen LogP contribution >= 0.6 is 11.8 Å². The van der Waals surface area contributed by atoms with Crippen LogP contribution in [0.1, 0.15) is 31.4 Å². The lowest BCUT2D eigenvalue weighted by Crippen LogP contribution is -2.42. The standard InChI is InChI=1S/C15H20N2S/c1-13(14-6-4-3-5-7-14)17-10-8-15(12-16,18-2)9-11-17/h3-7,13H,8-11H2,1-2H3. The van der Waals surface area contributed by atoms with Crippen LogP contribution in [0.2, 0.25) is 0 Å². The molecule has 1 aromatic rings. The van der Waals surface area contributed by atoms with E-state index >= 15 is 0 Å². The Labute approximate surface area is 114 Å². The average molecular weight is 260 g/mol. The Bertz CT molecular complexity index is 416. The second kappa shape index (κ2) is 5.77. The van der Waals surface area contributed by atoms with Gasteiger partial charge in [-0.2, -0.15) is 5.26 Å². The molecule has 1 heterocycles. The van der Waals surface area contributed by atoms with Crippen LogP contribution in [0.3, 0.4) is 0 Å². The minimum Gasteiger partial charge on any atom is -0.296 e. The van der Waals surface area contributed by atoms with Gasteiger partial charge in [0, 0.05) is 19.1 Å². The molecule has 1 saturated heterocycles. The van der Waals surface area contributed by atoms with Gasteiger partial charge in [-0.3, -0.25) is 4.90 Å². The molecule has 1 aliphatic rings. The maximum Gasteiger partial charge on any atom is 0.104 e. The van der Waals surface area contributed by atoms with E-state index in [0.717, 1.165) is 25.9 Å². The molecule has 1 aliphatic heterocycles. The van der Waals surface area contributed by atoms with Gasteiger partial charge in [-0.15, -0.1) is 11.8 Å². The SMILES string of the molecule is CSC1(C#N)CCN(C(C)c2ccccc2)CC1. The second-order valence-electron chi connectivity index (χ2n) is 4.93. The highest BCUT2D eigenvalue weighted by molar-refractivity contribution is 8.00. The highest BCUT2D eigenvalue weighted by atomic mass is 32.2. The Morgan fingerprint density at radius 1 is 1.28 bits per heavy atom. The molecule has 0 bridgehead atoms. The van der Waals surface area contributed by atoms with Gasteiger partial charge >= 0.3 is 0 Å². The van der Waals surface area contributed by atoms with Gasteiger partial charge < -0.3 is 0 Å². The molecule has 1 aromatic carbocycles. The normalized spacial score (nSPS) is 21.2. The van der Waals surface area contributed by atoms with Crippen LogP contribution < -0.4 is 0 Å². The highest BCUT2D eigenvalue weighted by Gasteiger charge is 2.35. The number of rotatable bonds is 3. The van der Waals surface area contributed by atoms with Crippen molar-refractivity contribution in [1.29, 1.82) is 5.26 Å². The van der Waals surface area contributed by atoms with Gasteiger partial charge in [0.2, 0.25) is 0 Å². The molecule has 2 rings (SSSR count). The Morgan fingerprint density at radius 2 is 1.89 bits per heavy atom. The maximum absolute atomic E-state index is 9.29. The molecule has 0 radical (unpaired) electrons. The number of nitrogens with zero attached hydrogens (tertiary/aromatic N) is 2. The quantitative estimate of drug-likeness (QED) is 0.832. The molecule has 18 heavy (non-hydrogen) atoms. The molecule has 96 valence electrons. The van der Waals surface area contributed by atoms with E-state index in [0.29, 0.717) is 6.04 Å². The van der Waals surface area contributed by atoms with Crippen molar-refractivity contribution in [2.45, 2.75) is 30.6 Å². The van der Waals surface area contributed by atoms with Crippen LogP contribution in [0.15, 0.2) is 30.3 Å². The first-order chi connectivity index (χ1) is 8.71. The zero-order valence-electron chi connectivity index (χ0n) is 11.1. The monoisotopic (exact) mass is 260 g/mol. The molecule has 0 aromatic heterocycles. The van der Waals surface area contributed by atoms with Crippen molar-refractivity contribution in [3.63, 3.8) is 0 Å². The number of nitriles is 1. The van der Waals surface area contributed by atoms with Crippen molar-refractivity contribution in [2.24, 2.45) is 0 Å². The maximum atomic E-state index is 9.29. The van der Waals surface area contributed by atoms with E-state index in [4.69, 9.17) is 0 Å². The van der Waals surface area contributed by atoms with Crippen molar-refractivity contribution in [1.82, 2.24) is 4.90 Å². The van der Waals surface area contributed by atoms with Crippen LogP contribution in [0, 0.1) is 11.3 Å². The molecule has 1 fully saturated rings. The fraction of sp³-hybridized carbons (Fsp3) is 0.533. The fourth-order valence-corrected chi connectivity index (χ4v) is 3.26. The third-order valence-corrected chi connectivity index (χ3v) is 5.31. The predicted molar refractivity (Wildman–Crippen MR) is 77.5 cm³/mol. The topological polar surface area (TPSA) is 27.0 Å². The van der Waals surface area contributed by atoms with E-state index in [2.05, 4.69) is 54.5 Å². The summed E-state index contributed by atoms with van der Waals surface area (Å²) in [5, 5.41) is 9.29. The van der Waals surface area contributed by atoms with Gasteiger partial charge in [0.15, 0.2) is 0 Å². The summed E-state index contributed by atoms with van der Waals surface area (Å²) in [6.07, 6.45) is 4.00. The lowest BCUT2D eigenvalue weighted by Gasteiger charge is -2.39. The summed E-state index contributed by atoms with van der Waals surface area (Å²) in [5.41, 5.74) is 1.37. The minimum atomic E-state index is -0.146. The Hall–Kier alpha value is -0.980. The number of thioether (sulfide) groups is 1. The minimum absolute atomic E-state index is 0.146. The molecule has 0 saturated carbocycles. The third kappa shape index (κ3) is 2.71. The van der Waals surface area contributed by atoms with Gasteiger partial charge in [-0.25, -0.2) is 0 Å². The molecule has 2 nitrogen and oxygen atoms in total. The van der Waals surface area contributed by atoms with E-state index in [1.54, 1.807) is 11.8 Å². The van der Waals surface area contributed by atoms with E-state index in [9.17, 15) is 5.26 Å². The van der Waals surface area contributed by atoms with Crippen molar-refractivity contribution in [3.8, 4) is 6.07 Å². The number of hydrogen-bond donors (Lipinski definition) is 0. The number of benzene rings is 1. The fourth-order valence-electron chi connectivity index (χ4n) is 2.58. The summed E-state index contributed by atoms with van der Waals surface area (Å²) in [7, 11) is 0. The number of piperidine rings is 1. The van der Waals surface area contributed by atoms with E-state index < -0.39 is 0 Å². The van der Waals surface area contributed by atoms with Crippen LogP contribution in [-0.4, -0.2) is 29.0 Å². The van der Waals surface area contributed by atoms with Gasteiger partial charge in [0.05, 0.1) is 6.07 Å². The molecule has 0 amide bonds. The molecule has 0 aliphatic carbocycles. The zero-order chi connectivity index (χ0) is 13.0. The van der Waals surface area contributed by atoms with E-state index in [1.807, 2.05) is 0 Å². The Morgan fingerprint density at radius 3 is 2.39 bits per heavy atom. The van der Waals surface area contributed by atoms with Gasteiger partial charge in [0.1, 0.15) is 4.75 Å². The van der Waals surface area contributed by atoms with E-state index in [-0.39, 0.29) is 4.75 Å². The molecule has 0 spiro atoms. The summed E-state index contributed by atoms with van der Waals surface area (Å²) in [6, 6.07) is 13.6. The van der Waals surface area contributed by atoms with Crippen LogP contribution in [0.4, 0.5) is 0 Å². The smallest absolute Gasteiger partial charge is 0.104 e. The highest BCUT2D eigenvalue weighted by Crippen LogP contribution is 2.36. The summed E-state index contributed by atoms with van der Waals surface area (Å²) < 4.78 is -0.146. The largest absolute Gasteiger partial charge is 0.296 e. The number of hydrogen-bond acceptors (Lipinski definition) is 3. The summed E-state index contributed by atoms with van der Waals surface area (Å²) in [5.74, 6) is 0. The van der Waals surface area contributed by atoms with Crippen molar-refractivity contribution in [2.75, 3.05) is 19.3 Å². The Kier molecular flexibility index (Phi) is 4.31. The van der Waals surface area contributed by atoms with E-state index in [1.165, 1.54) is 5.56 Å². The molecule has 1 atom stereocenters. The summed E-state index contributed by atoms with van der Waals surface area (Å²) in [4.78, 5) is 2.49. The van der Waals surface area contributed by atoms with Crippen LogP contribution in [0.5, 0.6) is 0 Å². The second-order valence-corrected chi connectivity index (χ2v) is 6.12. The lowest BCUT2D eigenvalue weighted by molar-refractivity contribution is 0.166. The van der Waals surface area contributed by atoms with Crippen molar-refractivity contribution >= 4 is 11.8 Å². The Balaban J connectivity index is 2.00.